The number of carbonyl (C=O) groups is 2. The predicted molar refractivity (Wildman–Crippen MR) is 85.0 cm³/mol. The molecule has 1 aliphatic carbocycles. The van der Waals surface area contributed by atoms with Gasteiger partial charge in [0.1, 0.15) is 5.65 Å². The molecule has 2 amide bonds. The average Bonchev–Trinajstić information content (AvgIpc) is 3.17. The fraction of sp³-hybridized carbons (Fsp3) is 0.467. The Morgan fingerprint density at radius 3 is 2.67 bits per heavy atom. The maximum Gasteiger partial charge on any atom is 0.270 e. The summed E-state index contributed by atoms with van der Waals surface area (Å²) in [6.07, 6.45) is 1.70. The molecule has 24 heavy (non-hydrogen) atoms. The molecule has 2 aromatic rings. The van der Waals surface area contributed by atoms with Gasteiger partial charge in [-0.25, -0.2) is 0 Å². The first kappa shape index (κ1) is 16.0. The molecule has 2 aromatic heterocycles. The lowest BCUT2D eigenvalue weighted by molar-refractivity contribution is 0.0944. The van der Waals surface area contributed by atoms with Gasteiger partial charge >= 0.3 is 0 Å². The number of carbonyl (C=O) groups excluding carboxylic acids is 2. The van der Waals surface area contributed by atoms with Gasteiger partial charge in [-0.2, -0.15) is 9.61 Å². The fourth-order valence-corrected chi connectivity index (χ4v) is 2.51. The molecule has 1 aliphatic rings. The van der Waals surface area contributed by atoms with Crippen molar-refractivity contribution in [3.63, 3.8) is 0 Å². The van der Waals surface area contributed by atoms with Gasteiger partial charge in [0, 0.05) is 18.7 Å². The van der Waals surface area contributed by atoms with Crippen molar-refractivity contribution in [3.8, 4) is 5.88 Å². The van der Waals surface area contributed by atoms with Crippen molar-refractivity contribution in [2.75, 3.05) is 0 Å². The molecule has 0 unspecified atom stereocenters. The highest BCUT2D eigenvalue weighted by molar-refractivity contribution is 5.97. The van der Waals surface area contributed by atoms with E-state index in [9.17, 15) is 19.5 Å². The zero-order chi connectivity index (χ0) is 17.6. The van der Waals surface area contributed by atoms with E-state index in [1.165, 1.54) is 10.6 Å². The van der Waals surface area contributed by atoms with Crippen molar-refractivity contribution >= 4 is 17.5 Å². The number of nitrogens with zero attached hydrogens (tertiary/aromatic N) is 3. The first-order valence-electron chi connectivity index (χ1n) is 7.75. The van der Waals surface area contributed by atoms with Crippen LogP contribution in [0.4, 0.5) is 0 Å². The number of hydrogen-bond acceptors (Lipinski definition) is 5. The van der Waals surface area contributed by atoms with Crippen LogP contribution in [0.5, 0.6) is 5.88 Å². The number of fused-ring (bicyclic) bond motifs is 1. The number of hydrogen-bond donors (Lipinski definition) is 3. The first-order chi connectivity index (χ1) is 11.3. The highest BCUT2D eigenvalue weighted by atomic mass is 16.3. The van der Waals surface area contributed by atoms with Crippen LogP contribution in [0.2, 0.25) is 0 Å². The van der Waals surface area contributed by atoms with Crippen LogP contribution < -0.4 is 16.6 Å². The number of rotatable bonds is 5. The third-order valence-electron chi connectivity index (χ3n) is 3.79. The molecule has 0 aliphatic heterocycles. The van der Waals surface area contributed by atoms with Crippen molar-refractivity contribution in [1.82, 2.24) is 19.5 Å². The zero-order valence-corrected chi connectivity index (χ0v) is 13.4. The summed E-state index contributed by atoms with van der Waals surface area (Å²) in [5.41, 5.74) is 4.34. The Morgan fingerprint density at radius 2 is 2.12 bits per heavy atom. The highest BCUT2D eigenvalue weighted by Gasteiger charge is 2.29. The summed E-state index contributed by atoms with van der Waals surface area (Å²) in [5, 5.41) is 17.0. The van der Waals surface area contributed by atoms with Gasteiger partial charge < -0.3 is 16.2 Å². The van der Waals surface area contributed by atoms with Crippen LogP contribution in [0.25, 0.3) is 5.65 Å². The van der Waals surface area contributed by atoms with Crippen LogP contribution in [0, 0.1) is 5.92 Å². The summed E-state index contributed by atoms with van der Waals surface area (Å²) >= 11 is 0. The number of nitrogens with one attached hydrogen (secondary N) is 1. The SMILES string of the molecule is CC(C)Cn1c(=O)c(C(=O)NC2CC2)c(O)n2nc(C(N)=O)cc12. The van der Waals surface area contributed by atoms with Gasteiger partial charge in [-0.3, -0.25) is 19.0 Å². The Morgan fingerprint density at radius 1 is 1.46 bits per heavy atom. The fourth-order valence-electron chi connectivity index (χ4n) is 2.51. The van der Waals surface area contributed by atoms with Crippen LogP contribution in [-0.4, -0.2) is 37.1 Å². The maximum atomic E-state index is 12.7. The molecule has 0 saturated heterocycles. The summed E-state index contributed by atoms with van der Waals surface area (Å²) in [5.74, 6) is -1.93. The summed E-state index contributed by atoms with van der Waals surface area (Å²) < 4.78 is 2.33. The van der Waals surface area contributed by atoms with E-state index >= 15 is 0 Å². The molecule has 1 saturated carbocycles. The summed E-state index contributed by atoms with van der Waals surface area (Å²) in [7, 11) is 0. The van der Waals surface area contributed by atoms with E-state index in [4.69, 9.17) is 5.73 Å². The van der Waals surface area contributed by atoms with Crippen LogP contribution in [0.1, 0.15) is 47.5 Å². The molecule has 2 heterocycles. The monoisotopic (exact) mass is 333 g/mol. The van der Waals surface area contributed by atoms with E-state index < -0.39 is 23.3 Å². The molecule has 0 spiro atoms. The molecule has 1 fully saturated rings. The van der Waals surface area contributed by atoms with Crippen LogP contribution >= 0.6 is 0 Å². The molecule has 9 nitrogen and oxygen atoms in total. The van der Waals surface area contributed by atoms with Gasteiger partial charge in [0.25, 0.3) is 17.4 Å². The average molecular weight is 333 g/mol. The van der Waals surface area contributed by atoms with E-state index in [1.54, 1.807) is 0 Å². The second-order valence-electron chi connectivity index (χ2n) is 6.42. The Labute approximate surface area is 137 Å². The standard InChI is InChI=1S/C15H19N5O4/c1-7(2)6-19-10-5-9(12(16)21)18-20(10)15(24)11(14(19)23)13(22)17-8-3-4-8/h5,7-8,24H,3-4,6H2,1-2H3,(H2,16,21)(H,17,22). The largest absolute Gasteiger partial charge is 0.492 e. The quantitative estimate of drug-likeness (QED) is 0.700. The predicted octanol–water partition coefficient (Wildman–Crippen LogP) is -0.151. The zero-order valence-electron chi connectivity index (χ0n) is 13.4. The van der Waals surface area contributed by atoms with Crippen molar-refractivity contribution in [2.45, 2.75) is 39.3 Å². The van der Waals surface area contributed by atoms with Crippen LogP contribution in [-0.2, 0) is 6.54 Å². The van der Waals surface area contributed by atoms with E-state index in [-0.39, 0.29) is 28.9 Å². The Kier molecular flexibility index (Phi) is 3.78. The lowest BCUT2D eigenvalue weighted by atomic mass is 10.2. The van der Waals surface area contributed by atoms with Crippen molar-refractivity contribution < 1.29 is 14.7 Å². The molecule has 3 rings (SSSR count). The number of primary amides is 1. The number of amides is 2. The topological polar surface area (TPSA) is 132 Å². The van der Waals surface area contributed by atoms with Crippen molar-refractivity contribution in [3.05, 3.63) is 27.7 Å². The van der Waals surface area contributed by atoms with Gasteiger partial charge in [-0.15, -0.1) is 0 Å². The molecule has 0 bridgehead atoms. The van der Waals surface area contributed by atoms with Gasteiger partial charge in [-0.05, 0) is 18.8 Å². The summed E-state index contributed by atoms with van der Waals surface area (Å²) in [6.45, 7) is 4.12. The molecular formula is C15H19N5O4. The molecular weight excluding hydrogens is 314 g/mol. The first-order valence-corrected chi connectivity index (χ1v) is 7.75. The van der Waals surface area contributed by atoms with E-state index in [1.807, 2.05) is 13.8 Å². The lowest BCUT2D eigenvalue weighted by Crippen LogP contribution is -2.36. The Bertz CT molecular complexity index is 891. The summed E-state index contributed by atoms with van der Waals surface area (Å²) in [6, 6.07) is 1.36. The minimum atomic E-state index is -0.786. The maximum absolute atomic E-state index is 12.7. The third kappa shape index (κ3) is 2.72. The van der Waals surface area contributed by atoms with Crippen molar-refractivity contribution in [1.29, 1.82) is 0 Å². The highest BCUT2D eigenvalue weighted by Crippen LogP contribution is 2.22. The second-order valence-corrected chi connectivity index (χ2v) is 6.42. The molecule has 4 N–H and O–H groups in total. The second kappa shape index (κ2) is 5.66. The number of aromatic hydroxyl groups is 1. The van der Waals surface area contributed by atoms with Gasteiger partial charge in [0.05, 0.1) is 0 Å². The Hall–Kier alpha value is -2.84. The third-order valence-corrected chi connectivity index (χ3v) is 3.79. The normalized spacial score (nSPS) is 14.3. The van der Waals surface area contributed by atoms with Crippen molar-refractivity contribution in [2.24, 2.45) is 11.7 Å². The van der Waals surface area contributed by atoms with E-state index in [0.29, 0.717) is 6.54 Å². The minimum Gasteiger partial charge on any atom is -0.492 e. The molecule has 9 heteroatoms. The smallest absolute Gasteiger partial charge is 0.270 e. The van der Waals surface area contributed by atoms with Gasteiger partial charge in [0.15, 0.2) is 11.3 Å². The van der Waals surface area contributed by atoms with E-state index in [0.717, 1.165) is 17.4 Å². The lowest BCUT2D eigenvalue weighted by Gasteiger charge is -2.14. The van der Waals surface area contributed by atoms with Gasteiger partial charge in [-0.1, -0.05) is 13.8 Å². The molecule has 0 atom stereocenters. The Balaban J connectivity index is 2.25. The van der Waals surface area contributed by atoms with E-state index in [2.05, 4.69) is 10.4 Å². The molecule has 128 valence electrons. The summed E-state index contributed by atoms with van der Waals surface area (Å²) in [4.78, 5) is 36.5. The van der Waals surface area contributed by atoms with Crippen LogP contribution in [0.15, 0.2) is 10.9 Å². The minimum absolute atomic E-state index is 0.0318. The van der Waals surface area contributed by atoms with Gasteiger partial charge in [0.2, 0.25) is 5.88 Å². The molecule has 0 aromatic carbocycles. The van der Waals surface area contributed by atoms with Crippen LogP contribution in [0.3, 0.4) is 0 Å². The number of nitrogens with two attached hydrogens (primary N) is 1. The number of aromatic nitrogens is 3. The molecule has 0 radical (unpaired) electrons.